The molecule has 2 aromatic heterocycles. The highest BCUT2D eigenvalue weighted by atomic mass is 127. The third kappa shape index (κ3) is 8.18. The van der Waals surface area contributed by atoms with Gasteiger partial charge in [-0.3, -0.25) is 9.89 Å². The molecule has 1 unspecified atom stereocenters. The number of ether oxygens (including phenoxy) is 2. The number of furan rings is 1. The van der Waals surface area contributed by atoms with Gasteiger partial charge >= 0.3 is 0 Å². The molecule has 3 rings (SSSR count). The Morgan fingerprint density at radius 1 is 1.23 bits per heavy atom. The summed E-state index contributed by atoms with van der Waals surface area (Å²) in [5.74, 6) is 1.77. The summed E-state index contributed by atoms with van der Waals surface area (Å²) in [4.78, 5) is 10.1. The van der Waals surface area contributed by atoms with E-state index in [0.717, 1.165) is 51.0 Å². The number of thiophene rings is 1. The monoisotopic (exact) mass is 548 g/mol. The summed E-state index contributed by atoms with van der Waals surface area (Å²) in [5, 5.41) is 6.77. The topological polar surface area (TPSA) is 71.3 Å². The molecule has 1 aliphatic heterocycles. The molecule has 7 nitrogen and oxygen atoms in total. The Bertz CT molecular complexity index is 732. The van der Waals surface area contributed by atoms with Crippen molar-refractivity contribution in [2.24, 2.45) is 4.99 Å². The van der Waals surface area contributed by atoms with Gasteiger partial charge in [0.25, 0.3) is 0 Å². The smallest absolute Gasteiger partial charge is 0.191 e. The van der Waals surface area contributed by atoms with Gasteiger partial charge < -0.3 is 24.5 Å². The summed E-state index contributed by atoms with van der Waals surface area (Å²) in [6.07, 6.45) is 2.52. The van der Waals surface area contributed by atoms with Crippen LogP contribution < -0.4 is 10.6 Å². The second-order valence-corrected chi connectivity index (χ2v) is 8.30. The molecular weight excluding hydrogens is 515 g/mol. The Morgan fingerprint density at radius 3 is 2.70 bits per heavy atom. The van der Waals surface area contributed by atoms with Gasteiger partial charge in [-0.1, -0.05) is 0 Å². The molecular formula is C21H33IN4O3S. The zero-order valence-corrected chi connectivity index (χ0v) is 20.9. The molecule has 30 heavy (non-hydrogen) atoms. The second-order valence-electron chi connectivity index (χ2n) is 6.98. The van der Waals surface area contributed by atoms with Gasteiger partial charge in [-0.05, 0) is 31.2 Å². The number of hydrogen-bond acceptors (Lipinski definition) is 6. The molecule has 1 fully saturated rings. The van der Waals surface area contributed by atoms with Gasteiger partial charge in [0.1, 0.15) is 5.76 Å². The van der Waals surface area contributed by atoms with Crippen molar-refractivity contribution >= 4 is 41.3 Å². The van der Waals surface area contributed by atoms with Crippen molar-refractivity contribution in [3.8, 4) is 0 Å². The minimum absolute atomic E-state index is 0. The highest BCUT2D eigenvalue weighted by Crippen LogP contribution is 2.28. The maximum Gasteiger partial charge on any atom is 0.191 e. The van der Waals surface area contributed by atoms with E-state index in [1.807, 2.05) is 23.5 Å². The van der Waals surface area contributed by atoms with E-state index in [-0.39, 0.29) is 30.0 Å². The number of aliphatic imine (C=N–C) groups is 1. The first kappa shape index (κ1) is 25.1. The molecule has 0 aromatic carbocycles. The SMILES string of the molecule is COCCNC(=NCC(c1ccc(C)s1)N1CCOCC1)NCCc1ccco1.I. The third-order valence-electron chi connectivity index (χ3n) is 4.84. The minimum Gasteiger partial charge on any atom is -0.469 e. The van der Waals surface area contributed by atoms with Crippen LogP contribution >= 0.6 is 35.3 Å². The van der Waals surface area contributed by atoms with Crippen LogP contribution in [0, 0.1) is 6.92 Å². The van der Waals surface area contributed by atoms with E-state index in [4.69, 9.17) is 18.9 Å². The predicted octanol–water partition coefficient (Wildman–Crippen LogP) is 3.07. The van der Waals surface area contributed by atoms with E-state index in [9.17, 15) is 0 Å². The number of hydrogen-bond donors (Lipinski definition) is 2. The van der Waals surface area contributed by atoms with Gasteiger partial charge in [0.05, 0.1) is 38.7 Å². The number of guanidine groups is 1. The number of methoxy groups -OCH3 is 1. The summed E-state index contributed by atoms with van der Waals surface area (Å²) in [6.45, 7) is 8.40. The molecule has 2 aromatic rings. The van der Waals surface area contributed by atoms with Crippen molar-refractivity contribution < 1.29 is 13.9 Å². The molecule has 9 heteroatoms. The van der Waals surface area contributed by atoms with E-state index in [1.165, 1.54) is 9.75 Å². The number of nitrogens with one attached hydrogen (secondary N) is 2. The number of rotatable bonds is 10. The molecule has 1 aliphatic rings. The van der Waals surface area contributed by atoms with Crippen LogP contribution in [0.1, 0.15) is 21.6 Å². The lowest BCUT2D eigenvalue weighted by Gasteiger charge is -2.33. The van der Waals surface area contributed by atoms with Crippen molar-refractivity contribution in [1.29, 1.82) is 0 Å². The van der Waals surface area contributed by atoms with Gasteiger partial charge in [-0.25, -0.2) is 0 Å². The van der Waals surface area contributed by atoms with Crippen LogP contribution in [0.2, 0.25) is 0 Å². The van der Waals surface area contributed by atoms with Crippen molar-refractivity contribution in [3.63, 3.8) is 0 Å². The molecule has 0 saturated carbocycles. The lowest BCUT2D eigenvalue weighted by molar-refractivity contribution is 0.0186. The van der Waals surface area contributed by atoms with Crippen LogP contribution in [0.15, 0.2) is 39.9 Å². The molecule has 168 valence electrons. The number of aryl methyl sites for hydroxylation is 1. The summed E-state index contributed by atoms with van der Waals surface area (Å²) in [7, 11) is 1.70. The van der Waals surface area contributed by atoms with Crippen molar-refractivity contribution in [2.75, 3.05) is 59.7 Å². The third-order valence-corrected chi connectivity index (χ3v) is 5.94. The minimum atomic E-state index is 0. The zero-order valence-electron chi connectivity index (χ0n) is 17.8. The molecule has 0 spiro atoms. The number of halogens is 1. The van der Waals surface area contributed by atoms with Gasteiger partial charge in [0.15, 0.2) is 5.96 Å². The van der Waals surface area contributed by atoms with E-state index < -0.39 is 0 Å². The lowest BCUT2D eigenvalue weighted by atomic mass is 10.2. The normalized spacial score (nSPS) is 16.1. The molecule has 0 amide bonds. The molecule has 3 heterocycles. The first-order valence-electron chi connectivity index (χ1n) is 10.2. The Kier molecular flexibility index (Phi) is 11.7. The van der Waals surface area contributed by atoms with Crippen molar-refractivity contribution in [3.05, 3.63) is 46.0 Å². The fourth-order valence-corrected chi connectivity index (χ4v) is 4.29. The second kappa shape index (κ2) is 14.0. The summed E-state index contributed by atoms with van der Waals surface area (Å²) in [6, 6.07) is 8.60. The van der Waals surface area contributed by atoms with Gasteiger partial charge in [0.2, 0.25) is 0 Å². The number of morpholine rings is 1. The van der Waals surface area contributed by atoms with Crippen LogP contribution in [-0.4, -0.2) is 70.5 Å². The standard InChI is InChI=1S/C21H32N4O3S.HI/c1-17-5-6-20(29-17)19(25-10-14-27-15-11-25)16-24-21(23-9-13-26-2)22-8-7-18-4-3-12-28-18;/h3-6,12,19H,7-11,13-16H2,1-2H3,(H2,22,23,24);1H. The molecule has 0 radical (unpaired) electrons. The van der Waals surface area contributed by atoms with Crippen molar-refractivity contribution in [2.45, 2.75) is 19.4 Å². The predicted molar refractivity (Wildman–Crippen MR) is 132 cm³/mol. The molecule has 0 aliphatic carbocycles. The van der Waals surface area contributed by atoms with Crippen LogP contribution in [-0.2, 0) is 15.9 Å². The highest BCUT2D eigenvalue weighted by molar-refractivity contribution is 14.0. The van der Waals surface area contributed by atoms with Gasteiger partial charge in [-0.15, -0.1) is 35.3 Å². The van der Waals surface area contributed by atoms with E-state index >= 15 is 0 Å². The van der Waals surface area contributed by atoms with Gasteiger partial charge in [-0.2, -0.15) is 0 Å². The van der Waals surface area contributed by atoms with E-state index in [1.54, 1.807) is 13.4 Å². The summed E-state index contributed by atoms with van der Waals surface area (Å²) in [5.41, 5.74) is 0. The average molecular weight is 548 g/mol. The fraction of sp³-hybridized carbons (Fsp3) is 0.571. The number of nitrogens with zero attached hydrogens (tertiary/aromatic N) is 2. The van der Waals surface area contributed by atoms with Crippen LogP contribution in [0.25, 0.3) is 0 Å². The maximum atomic E-state index is 5.55. The van der Waals surface area contributed by atoms with Crippen LogP contribution in [0.5, 0.6) is 0 Å². The van der Waals surface area contributed by atoms with Crippen LogP contribution in [0.4, 0.5) is 0 Å². The first-order chi connectivity index (χ1) is 14.3. The molecule has 0 bridgehead atoms. The zero-order chi connectivity index (χ0) is 20.3. The van der Waals surface area contributed by atoms with Crippen LogP contribution in [0.3, 0.4) is 0 Å². The van der Waals surface area contributed by atoms with E-state index in [2.05, 4.69) is 34.6 Å². The van der Waals surface area contributed by atoms with Crippen molar-refractivity contribution in [1.82, 2.24) is 15.5 Å². The largest absolute Gasteiger partial charge is 0.469 e. The Balaban J connectivity index is 0.00000320. The first-order valence-corrected chi connectivity index (χ1v) is 11.0. The summed E-state index contributed by atoms with van der Waals surface area (Å²) < 4.78 is 16.1. The maximum absolute atomic E-state index is 5.55. The quantitative estimate of drug-likeness (QED) is 0.206. The lowest BCUT2D eigenvalue weighted by Crippen LogP contribution is -2.42. The average Bonchev–Trinajstić information content (AvgIpc) is 3.41. The Morgan fingerprint density at radius 2 is 2.03 bits per heavy atom. The van der Waals surface area contributed by atoms with E-state index in [0.29, 0.717) is 19.7 Å². The molecule has 2 N–H and O–H groups in total. The summed E-state index contributed by atoms with van der Waals surface area (Å²) >= 11 is 1.85. The highest BCUT2D eigenvalue weighted by Gasteiger charge is 2.23. The molecule has 1 saturated heterocycles. The fourth-order valence-electron chi connectivity index (χ4n) is 3.29. The Labute approximate surface area is 200 Å². The van der Waals surface area contributed by atoms with Gasteiger partial charge in [0, 0.05) is 49.5 Å². The Hall–Kier alpha value is -1.14. The molecule has 1 atom stereocenters.